The van der Waals surface area contributed by atoms with Crippen LogP contribution >= 0.6 is 11.6 Å². The van der Waals surface area contributed by atoms with Gasteiger partial charge in [-0.05, 0) is 17.7 Å². The Morgan fingerprint density at radius 1 is 1.29 bits per heavy atom. The highest BCUT2D eigenvalue weighted by Crippen LogP contribution is 2.36. The molecule has 1 aromatic heterocycles. The van der Waals surface area contributed by atoms with Crippen molar-refractivity contribution < 1.29 is 8.78 Å². The molecular formula is C11H10ClF2N3. The molecule has 90 valence electrons. The van der Waals surface area contributed by atoms with E-state index in [0.717, 1.165) is 5.39 Å². The molecule has 0 saturated heterocycles. The van der Waals surface area contributed by atoms with Gasteiger partial charge in [0.1, 0.15) is 6.04 Å². The van der Waals surface area contributed by atoms with E-state index in [1.54, 1.807) is 24.3 Å². The fourth-order valence-corrected chi connectivity index (χ4v) is 1.90. The van der Waals surface area contributed by atoms with E-state index in [-0.39, 0.29) is 5.56 Å². The number of halogens is 3. The molecule has 17 heavy (non-hydrogen) atoms. The smallest absolute Gasteiger partial charge is 0.271 e. The van der Waals surface area contributed by atoms with Gasteiger partial charge in [-0.15, -0.1) is 0 Å². The first-order valence-corrected chi connectivity index (χ1v) is 5.28. The van der Waals surface area contributed by atoms with Gasteiger partial charge in [-0.1, -0.05) is 24.3 Å². The molecule has 1 aromatic carbocycles. The van der Waals surface area contributed by atoms with Gasteiger partial charge in [-0.2, -0.15) is 8.78 Å². The molecule has 0 amide bonds. The van der Waals surface area contributed by atoms with Gasteiger partial charge in [0.25, 0.3) is 0 Å². The van der Waals surface area contributed by atoms with Crippen molar-refractivity contribution in [2.75, 3.05) is 0 Å². The number of hydrazine groups is 1. The predicted octanol–water partition coefficient (Wildman–Crippen LogP) is 2.57. The topological polar surface area (TPSA) is 50.9 Å². The summed E-state index contributed by atoms with van der Waals surface area (Å²) in [5.41, 5.74) is 2.75. The van der Waals surface area contributed by atoms with E-state index in [9.17, 15) is 8.78 Å². The molecule has 0 aliphatic carbocycles. The Morgan fingerprint density at radius 3 is 2.65 bits per heavy atom. The van der Waals surface area contributed by atoms with Gasteiger partial charge in [0.15, 0.2) is 0 Å². The lowest BCUT2D eigenvalue weighted by Gasteiger charge is -2.21. The number of benzene rings is 1. The number of nitrogens with two attached hydrogens (primary N) is 1. The molecule has 0 radical (unpaired) electrons. The second kappa shape index (κ2) is 4.52. The van der Waals surface area contributed by atoms with E-state index in [4.69, 9.17) is 17.4 Å². The van der Waals surface area contributed by atoms with Gasteiger partial charge in [-0.3, -0.25) is 10.8 Å². The molecular weight excluding hydrogens is 248 g/mol. The minimum Gasteiger partial charge on any atom is -0.271 e. The van der Waals surface area contributed by atoms with E-state index in [0.29, 0.717) is 5.52 Å². The Kier molecular flexibility index (Phi) is 3.24. The third-order valence-corrected chi connectivity index (χ3v) is 2.69. The Hall–Kier alpha value is -1.30. The van der Waals surface area contributed by atoms with Crippen LogP contribution in [0.3, 0.4) is 0 Å². The molecule has 1 atom stereocenters. The maximum absolute atomic E-state index is 13.2. The largest absolute Gasteiger partial charge is 0.342 e. The van der Waals surface area contributed by atoms with E-state index in [1.807, 2.05) is 5.43 Å². The summed E-state index contributed by atoms with van der Waals surface area (Å²) in [5, 5.41) is -2.73. The average molecular weight is 258 g/mol. The van der Waals surface area contributed by atoms with Crippen LogP contribution in [0.25, 0.3) is 10.9 Å². The lowest BCUT2D eigenvalue weighted by atomic mass is 10.0. The zero-order valence-electron chi connectivity index (χ0n) is 8.70. The number of nitrogens with one attached hydrogen (secondary N) is 1. The highest BCUT2D eigenvalue weighted by molar-refractivity contribution is 6.22. The minimum atomic E-state index is -3.49. The van der Waals surface area contributed by atoms with Crippen molar-refractivity contribution in [1.29, 1.82) is 0 Å². The van der Waals surface area contributed by atoms with Crippen molar-refractivity contribution in [1.82, 2.24) is 10.4 Å². The fourth-order valence-electron chi connectivity index (χ4n) is 1.72. The normalized spacial score (nSPS) is 13.9. The molecule has 2 aromatic rings. The number of aromatic nitrogens is 1. The van der Waals surface area contributed by atoms with Gasteiger partial charge < -0.3 is 0 Å². The van der Waals surface area contributed by atoms with Crippen LogP contribution in [0.15, 0.2) is 36.5 Å². The van der Waals surface area contributed by atoms with Gasteiger partial charge in [-0.25, -0.2) is 5.43 Å². The van der Waals surface area contributed by atoms with Crippen LogP contribution in [0, 0.1) is 0 Å². The summed E-state index contributed by atoms with van der Waals surface area (Å²) in [5.74, 6) is 5.14. The van der Waals surface area contributed by atoms with Crippen molar-refractivity contribution in [2.45, 2.75) is 11.4 Å². The molecule has 0 spiro atoms. The summed E-state index contributed by atoms with van der Waals surface area (Å²) in [6, 6.07) is 7.00. The Morgan fingerprint density at radius 2 is 2.00 bits per heavy atom. The zero-order valence-corrected chi connectivity index (χ0v) is 9.46. The second-order valence-corrected chi connectivity index (χ2v) is 4.07. The van der Waals surface area contributed by atoms with Crippen LogP contribution in [0.2, 0.25) is 0 Å². The molecule has 3 N–H and O–H groups in total. The number of nitrogens with zero attached hydrogens (tertiary/aromatic N) is 1. The molecule has 0 fully saturated rings. The molecule has 0 saturated carbocycles. The summed E-state index contributed by atoms with van der Waals surface area (Å²) in [6.45, 7) is 0. The Balaban J connectivity index is 2.62. The van der Waals surface area contributed by atoms with E-state index in [1.165, 1.54) is 12.3 Å². The first-order chi connectivity index (χ1) is 8.04. The molecule has 0 bridgehead atoms. The predicted molar refractivity (Wildman–Crippen MR) is 62.6 cm³/mol. The van der Waals surface area contributed by atoms with Crippen LogP contribution in [-0.4, -0.2) is 10.4 Å². The van der Waals surface area contributed by atoms with Crippen molar-refractivity contribution in [3.8, 4) is 0 Å². The summed E-state index contributed by atoms with van der Waals surface area (Å²) in [7, 11) is 0. The lowest BCUT2D eigenvalue weighted by molar-refractivity contribution is 0.0502. The minimum absolute atomic E-state index is 0.269. The van der Waals surface area contributed by atoms with Crippen molar-refractivity contribution in [2.24, 2.45) is 5.84 Å². The van der Waals surface area contributed by atoms with Crippen LogP contribution in [-0.2, 0) is 0 Å². The maximum atomic E-state index is 13.2. The third kappa shape index (κ3) is 2.36. The third-order valence-electron chi connectivity index (χ3n) is 2.47. The second-order valence-electron chi connectivity index (χ2n) is 3.56. The van der Waals surface area contributed by atoms with Crippen molar-refractivity contribution in [3.63, 3.8) is 0 Å². The van der Waals surface area contributed by atoms with Gasteiger partial charge in [0.2, 0.25) is 0 Å². The summed E-state index contributed by atoms with van der Waals surface area (Å²) in [4.78, 5) is 4.08. The zero-order chi connectivity index (χ0) is 12.5. The molecule has 2 rings (SSSR count). The number of para-hydroxylation sites is 1. The number of pyridine rings is 1. The molecule has 1 heterocycles. The molecule has 0 aliphatic rings. The number of alkyl halides is 3. The summed E-state index contributed by atoms with van der Waals surface area (Å²) >= 11 is 5.03. The van der Waals surface area contributed by atoms with Crippen molar-refractivity contribution >= 4 is 22.5 Å². The number of rotatable bonds is 3. The molecule has 1 unspecified atom stereocenters. The van der Waals surface area contributed by atoms with Crippen LogP contribution in [0.5, 0.6) is 0 Å². The van der Waals surface area contributed by atoms with E-state index < -0.39 is 11.4 Å². The first-order valence-electron chi connectivity index (χ1n) is 4.90. The maximum Gasteiger partial charge on any atom is 0.342 e. The quantitative estimate of drug-likeness (QED) is 0.505. The van der Waals surface area contributed by atoms with Gasteiger partial charge in [0, 0.05) is 17.1 Å². The summed E-state index contributed by atoms with van der Waals surface area (Å²) in [6.07, 6.45) is 1.53. The van der Waals surface area contributed by atoms with Crippen LogP contribution < -0.4 is 11.3 Å². The monoisotopic (exact) mass is 257 g/mol. The number of hydrogen-bond acceptors (Lipinski definition) is 3. The fraction of sp³-hybridized carbons (Fsp3) is 0.182. The van der Waals surface area contributed by atoms with Crippen LogP contribution in [0.4, 0.5) is 8.78 Å². The SMILES string of the molecule is NNC(c1cccc2cccnc12)C(F)(F)Cl. The number of fused-ring (bicyclic) bond motifs is 1. The Labute approximate surface area is 102 Å². The summed E-state index contributed by atoms with van der Waals surface area (Å²) < 4.78 is 26.4. The number of hydrogen-bond donors (Lipinski definition) is 2. The highest BCUT2D eigenvalue weighted by Gasteiger charge is 2.38. The van der Waals surface area contributed by atoms with E-state index >= 15 is 0 Å². The molecule has 6 heteroatoms. The first kappa shape index (κ1) is 12.2. The lowest BCUT2D eigenvalue weighted by Crippen LogP contribution is -2.38. The van der Waals surface area contributed by atoms with Crippen LogP contribution in [0.1, 0.15) is 11.6 Å². The molecule has 0 aliphatic heterocycles. The Bertz CT molecular complexity index is 522. The van der Waals surface area contributed by atoms with Gasteiger partial charge in [0.05, 0.1) is 5.52 Å². The van der Waals surface area contributed by atoms with Crippen molar-refractivity contribution in [3.05, 3.63) is 42.1 Å². The average Bonchev–Trinajstić information content (AvgIpc) is 2.28. The standard InChI is InChI=1S/C11H10ClF2N3/c12-11(13,14)10(17-15)8-5-1-3-7-4-2-6-16-9(7)8/h1-6,10,17H,15H2. The van der Waals surface area contributed by atoms with Gasteiger partial charge >= 0.3 is 5.38 Å². The molecule has 3 nitrogen and oxygen atoms in total. The highest BCUT2D eigenvalue weighted by atomic mass is 35.5. The van der Waals surface area contributed by atoms with E-state index in [2.05, 4.69) is 4.98 Å².